The summed E-state index contributed by atoms with van der Waals surface area (Å²) >= 11 is 0. The number of ketones is 1. The van der Waals surface area contributed by atoms with E-state index in [0.29, 0.717) is 12.0 Å². The maximum absolute atomic E-state index is 11.8. The molecule has 1 atom stereocenters. The van der Waals surface area contributed by atoms with E-state index in [1.54, 1.807) is 6.92 Å². The van der Waals surface area contributed by atoms with Crippen molar-refractivity contribution in [3.05, 3.63) is 11.8 Å². The quantitative estimate of drug-likeness (QED) is 0.266. The Kier molecular flexibility index (Phi) is 13.7. The van der Waals surface area contributed by atoms with Gasteiger partial charge in [-0.2, -0.15) is 8.42 Å². The number of allylic oxidation sites excluding steroid dienone is 1. The van der Waals surface area contributed by atoms with Crippen LogP contribution in [-0.4, -0.2) is 114 Å². The Balaban J connectivity index is 0.000000653. The smallest absolute Gasteiger partial charge is 0.323 e. The van der Waals surface area contributed by atoms with E-state index in [9.17, 15) is 27.6 Å². The molecule has 12 nitrogen and oxygen atoms in total. The molecule has 13 heteroatoms. The molecule has 1 saturated heterocycles. The Morgan fingerprint density at radius 2 is 1.64 bits per heavy atom. The largest absolute Gasteiger partial charge is 0.480 e. The highest BCUT2D eigenvalue weighted by atomic mass is 32.2. The fraction of sp³-hybridized carbons (Fsp3) is 0.700. The average Bonchev–Trinajstić information content (AvgIpc) is 2.67. The maximum atomic E-state index is 11.8. The molecule has 0 aliphatic carbocycles. The zero-order valence-corrected chi connectivity index (χ0v) is 20.7. The lowest BCUT2D eigenvalue weighted by Crippen LogP contribution is -2.50. The van der Waals surface area contributed by atoms with Crippen molar-refractivity contribution in [3.8, 4) is 0 Å². The Morgan fingerprint density at radius 3 is 2.03 bits per heavy atom. The van der Waals surface area contributed by atoms with E-state index in [1.807, 2.05) is 11.9 Å². The van der Waals surface area contributed by atoms with Gasteiger partial charge in [0.2, 0.25) is 11.8 Å². The standard InChI is InChI=1S/C11H23N3O4S.C9H13NO4/c1-3-10(9-19(16,17)18)12-11(15)8-14-6-4-13(2)5-7-14;1-6(7(2)11)4-10(8(3)12)5-9(13)14/h10H,3-9H2,1-2H3,(H,12,15)(H,16,17,18);4H,5H2,1-3H3,(H,13,14)/b;6-4-. The average molecular weight is 493 g/mol. The first-order chi connectivity index (χ1) is 15.1. The number of carboxylic acids is 1. The molecule has 0 aromatic rings. The Hall–Kier alpha value is -2.35. The van der Waals surface area contributed by atoms with Crippen molar-refractivity contribution in [2.75, 3.05) is 52.1 Å². The molecule has 3 N–H and O–H groups in total. The molecule has 0 aromatic carbocycles. The topological polar surface area (TPSA) is 165 Å². The number of Topliss-reactive ketones (excluding diaryl/α,β-unsaturated/α-hetero) is 1. The molecule has 0 saturated carbocycles. The first kappa shape index (κ1) is 30.6. The van der Waals surface area contributed by atoms with E-state index < -0.39 is 40.3 Å². The summed E-state index contributed by atoms with van der Waals surface area (Å²) in [5.41, 5.74) is 0.349. The second-order valence-electron chi connectivity index (χ2n) is 7.91. The van der Waals surface area contributed by atoms with Crippen molar-refractivity contribution in [2.24, 2.45) is 0 Å². The van der Waals surface area contributed by atoms with Gasteiger partial charge in [-0.15, -0.1) is 0 Å². The van der Waals surface area contributed by atoms with Crippen LogP contribution >= 0.6 is 0 Å². The molecule has 0 spiro atoms. The van der Waals surface area contributed by atoms with Gasteiger partial charge >= 0.3 is 5.97 Å². The lowest BCUT2D eigenvalue weighted by atomic mass is 10.2. The van der Waals surface area contributed by atoms with Crippen molar-refractivity contribution in [2.45, 2.75) is 40.2 Å². The highest BCUT2D eigenvalue weighted by Gasteiger charge is 2.20. The van der Waals surface area contributed by atoms with Gasteiger partial charge in [-0.25, -0.2) is 0 Å². The number of rotatable bonds is 10. The minimum Gasteiger partial charge on any atom is -0.480 e. The van der Waals surface area contributed by atoms with Crippen LogP contribution in [0.3, 0.4) is 0 Å². The van der Waals surface area contributed by atoms with E-state index in [4.69, 9.17) is 9.66 Å². The maximum Gasteiger partial charge on any atom is 0.323 e. The van der Waals surface area contributed by atoms with Gasteiger partial charge in [0.1, 0.15) is 6.54 Å². The van der Waals surface area contributed by atoms with Gasteiger partial charge in [-0.1, -0.05) is 6.92 Å². The van der Waals surface area contributed by atoms with Crippen LogP contribution in [-0.2, 0) is 29.3 Å². The number of carbonyl (C=O) groups is 4. The van der Waals surface area contributed by atoms with Crippen molar-refractivity contribution in [1.82, 2.24) is 20.0 Å². The van der Waals surface area contributed by atoms with E-state index in [-0.39, 0.29) is 18.2 Å². The molecule has 0 radical (unpaired) electrons. The van der Waals surface area contributed by atoms with Gasteiger partial charge in [0, 0.05) is 50.9 Å². The van der Waals surface area contributed by atoms with Crippen molar-refractivity contribution >= 4 is 33.7 Å². The normalized spacial score (nSPS) is 16.2. The van der Waals surface area contributed by atoms with E-state index in [1.165, 1.54) is 27.0 Å². The van der Waals surface area contributed by atoms with Crippen molar-refractivity contribution in [3.63, 3.8) is 0 Å². The molecule has 0 aromatic heterocycles. The van der Waals surface area contributed by atoms with Crippen LogP contribution in [0.15, 0.2) is 11.8 Å². The van der Waals surface area contributed by atoms with Gasteiger partial charge in [0.15, 0.2) is 5.78 Å². The molecule has 0 bridgehead atoms. The number of nitrogens with zero attached hydrogens (tertiary/aromatic N) is 3. The van der Waals surface area contributed by atoms with E-state index in [0.717, 1.165) is 31.1 Å². The molecular weight excluding hydrogens is 456 g/mol. The number of likely N-dealkylation sites (N-methyl/N-ethyl adjacent to an activating group) is 1. The number of nitrogens with one attached hydrogen (secondary N) is 1. The first-order valence-electron chi connectivity index (χ1n) is 10.5. The predicted molar refractivity (Wildman–Crippen MR) is 122 cm³/mol. The summed E-state index contributed by atoms with van der Waals surface area (Å²) < 4.78 is 30.4. The molecule has 33 heavy (non-hydrogen) atoms. The van der Waals surface area contributed by atoms with Crippen molar-refractivity contribution < 1.29 is 37.3 Å². The van der Waals surface area contributed by atoms with Crippen LogP contribution < -0.4 is 5.32 Å². The lowest BCUT2D eigenvalue weighted by Gasteiger charge is -2.32. The fourth-order valence-electron chi connectivity index (χ4n) is 2.72. The molecule has 1 aliphatic heterocycles. The minimum atomic E-state index is -4.06. The molecule has 1 heterocycles. The minimum absolute atomic E-state index is 0.193. The Morgan fingerprint density at radius 1 is 1.09 bits per heavy atom. The molecule has 190 valence electrons. The monoisotopic (exact) mass is 492 g/mol. The summed E-state index contributed by atoms with van der Waals surface area (Å²) in [6, 6.07) is -0.532. The van der Waals surface area contributed by atoms with Gasteiger partial charge in [-0.05, 0) is 27.3 Å². The van der Waals surface area contributed by atoms with Crippen LogP contribution in [0.25, 0.3) is 0 Å². The van der Waals surface area contributed by atoms with Crippen LogP contribution in [0, 0.1) is 0 Å². The third-order valence-electron chi connectivity index (χ3n) is 4.85. The Bertz CT molecular complexity index is 820. The summed E-state index contributed by atoms with van der Waals surface area (Å²) in [7, 11) is -2.02. The van der Waals surface area contributed by atoms with E-state index >= 15 is 0 Å². The zero-order chi connectivity index (χ0) is 25.8. The second-order valence-corrected chi connectivity index (χ2v) is 9.41. The molecule has 1 fully saturated rings. The SMILES string of the molecule is CC(=O)/C(C)=C\N(CC(=O)O)C(C)=O.CCC(CS(=O)(=O)O)NC(=O)CN1CCN(C)CC1. The van der Waals surface area contributed by atoms with Crippen LogP contribution in [0.1, 0.15) is 34.1 Å². The van der Waals surface area contributed by atoms with Crippen LogP contribution in [0.4, 0.5) is 0 Å². The number of amides is 2. The molecular formula is C20H36N4O8S. The number of piperazine rings is 1. The zero-order valence-electron chi connectivity index (χ0n) is 19.9. The highest BCUT2D eigenvalue weighted by Crippen LogP contribution is 2.01. The summed E-state index contributed by atoms with van der Waals surface area (Å²) in [5, 5.41) is 11.1. The van der Waals surface area contributed by atoms with Crippen molar-refractivity contribution in [1.29, 1.82) is 0 Å². The number of hydrogen-bond donors (Lipinski definition) is 3. The van der Waals surface area contributed by atoms with E-state index in [2.05, 4.69) is 10.2 Å². The first-order valence-corrected chi connectivity index (χ1v) is 12.1. The summed E-state index contributed by atoms with van der Waals surface area (Å²) in [6.07, 6.45) is 1.72. The Labute approximate surface area is 195 Å². The highest BCUT2D eigenvalue weighted by molar-refractivity contribution is 7.85. The number of aliphatic carboxylic acids is 1. The van der Waals surface area contributed by atoms with Crippen LogP contribution in [0.2, 0.25) is 0 Å². The van der Waals surface area contributed by atoms with Gasteiger partial charge in [-0.3, -0.25) is 28.6 Å². The third-order valence-corrected chi connectivity index (χ3v) is 5.67. The van der Waals surface area contributed by atoms with Gasteiger partial charge in [0.05, 0.1) is 12.3 Å². The summed E-state index contributed by atoms with van der Waals surface area (Å²) in [5.74, 6) is -2.35. The third kappa shape index (κ3) is 15.2. The number of hydrogen-bond acceptors (Lipinski definition) is 8. The predicted octanol–water partition coefficient (Wildman–Crippen LogP) is -0.571. The second kappa shape index (κ2) is 14.7. The molecule has 1 unspecified atom stereocenters. The fourth-order valence-corrected chi connectivity index (χ4v) is 3.54. The molecule has 1 rings (SSSR count). The number of carboxylic acid groups (broad SMARTS) is 1. The molecule has 2 amide bonds. The number of carbonyl (C=O) groups excluding carboxylic acids is 3. The summed E-state index contributed by atoms with van der Waals surface area (Å²) in [4.78, 5) is 49.2. The van der Waals surface area contributed by atoms with Gasteiger partial charge in [0.25, 0.3) is 10.1 Å². The lowest BCUT2D eigenvalue weighted by molar-refractivity contribution is -0.142. The van der Waals surface area contributed by atoms with Gasteiger partial charge < -0.3 is 20.2 Å². The molecule has 1 aliphatic rings. The summed E-state index contributed by atoms with van der Waals surface area (Å²) in [6.45, 7) is 9.25. The van der Waals surface area contributed by atoms with Crippen LogP contribution in [0.5, 0.6) is 0 Å².